The molecule has 0 spiro atoms. The van der Waals surface area contributed by atoms with Gasteiger partial charge in [0.2, 0.25) is 0 Å². The van der Waals surface area contributed by atoms with Gasteiger partial charge in [-0.15, -0.1) is 0 Å². The first kappa shape index (κ1) is 16.0. The first-order valence-corrected chi connectivity index (χ1v) is 6.91. The van der Waals surface area contributed by atoms with E-state index in [0.29, 0.717) is 6.54 Å². The van der Waals surface area contributed by atoms with Gasteiger partial charge in [-0.3, -0.25) is 0 Å². The van der Waals surface area contributed by atoms with Crippen LogP contribution in [0.4, 0.5) is 13.2 Å². The fraction of sp³-hybridized carbons (Fsp3) is 0.600. The number of hydrogen-bond acceptors (Lipinski definition) is 1. The molecule has 0 unspecified atom stereocenters. The maximum absolute atomic E-state index is 12.4. The third kappa shape index (κ3) is 6.62. The van der Waals surface area contributed by atoms with Crippen LogP contribution in [0.5, 0.6) is 0 Å². The number of hydrogen-bond donors (Lipinski definition) is 1. The molecule has 108 valence electrons. The Hall–Kier alpha value is -1.03. The van der Waals surface area contributed by atoms with E-state index in [0.717, 1.165) is 30.7 Å². The summed E-state index contributed by atoms with van der Waals surface area (Å²) >= 11 is 0. The lowest BCUT2D eigenvalue weighted by molar-refractivity contribution is -0.137. The molecule has 1 rings (SSSR count). The molecule has 4 heteroatoms. The van der Waals surface area contributed by atoms with Gasteiger partial charge in [-0.05, 0) is 30.7 Å². The maximum atomic E-state index is 12.4. The van der Waals surface area contributed by atoms with Crippen LogP contribution in [-0.4, -0.2) is 6.54 Å². The molecule has 0 heterocycles. The van der Waals surface area contributed by atoms with Crippen molar-refractivity contribution in [1.82, 2.24) is 5.32 Å². The van der Waals surface area contributed by atoms with Gasteiger partial charge in [-0.1, -0.05) is 44.7 Å². The lowest BCUT2D eigenvalue weighted by atomic mass is 10.1. The van der Waals surface area contributed by atoms with Crippen LogP contribution >= 0.6 is 0 Å². The fourth-order valence-corrected chi connectivity index (χ4v) is 1.90. The standard InChI is InChI=1S/C15H22F3N/c1-2-3-4-5-6-11-19-12-13-7-9-14(10-8-13)15(16,17)18/h7-10,19H,2-6,11-12H2,1H3. The summed E-state index contributed by atoms with van der Waals surface area (Å²) in [5, 5.41) is 3.26. The highest BCUT2D eigenvalue weighted by molar-refractivity contribution is 5.24. The van der Waals surface area contributed by atoms with Gasteiger partial charge in [0.15, 0.2) is 0 Å². The molecule has 0 saturated heterocycles. The van der Waals surface area contributed by atoms with Crippen LogP contribution in [0.3, 0.4) is 0 Å². The lowest BCUT2D eigenvalue weighted by Gasteiger charge is -2.08. The van der Waals surface area contributed by atoms with E-state index in [4.69, 9.17) is 0 Å². The second-order valence-electron chi connectivity index (χ2n) is 4.79. The highest BCUT2D eigenvalue weighted by Gasteiger charge is 2.29. The number of benzene rings is 1. The molecule has 0 atom stereocenters. The predicted molar refractivity (Wildman–Crippen MR) is 71.9 cm³/mol. The SMILES string of the molecule is CCCCCCCNCc1ccc(C(F)(F)F)cc1. The molecule has 19 heavy (non-hydrogen) atoms. The zero-order valence-electron chi connectivity index (χ0n) is 11.4. The van der Waals surface area contributed by atoms with E-state index in [1.807, 2.05) is 0 Å². The van der Waals surface area contributed by atoms with Crippen LogP contribution in [0.2, 0.25) is 0 Å². The van der Waals surface area contributed by atoms with Gasteiger partial charge < -0.3 is 5.32 Å². The minimum absolute atomic E-state index is 0.587. The summed E-state index contributed by atoms with van der Waals surface area (Å²) in [7, 11) is 0. The van der Waals surface area contributed by atoms with Crippen LogP contribution in [0, 0.1) is 0 Å². The zero-order chi connectivity index (χ0) is 14.1. The molecule has 0 saturated carbocycles. The topological polar surface area (TPSA) is 12.0 Å². The summed E-state index contributed by atoms with van der Waals surface area (Å²) in [5.41, 5.74) is 0.303. The van der Waals surface area contributed by atoms with Gasteiger partial charge in [0.25, 0.3) is 0 Å². The molecule has 0 aliphatic carbocycles. The zero-order valence-corrected chi connectivity index (χ0v) is 11.4. The van der Waals surface area contributed by atoms with Crippen LogP contribution in [0.1, 0.15) is 50.2 Å². The monoisotopic (exact) mass is 273 g/mol. The Morgan fingerprint density at radius 2 is 1.58 bits per heavy atom. The summed E-state index contributed by atoms with van der Waals surface area (Å²) in [5.74, 6) is 0. The van der Waals surface area contributed by atoms with Crippen molar-refractivity contribution in [1.29, 1.82) is 0 Å². The van der Waals surface area contributed by atoms with E-state index in [1.54, 1.807) is 0 Å². The van der Waals surface area contributed by atoms with Crippen molar-refractivity contribution in [3.05, 3.63) is 35.4 Å². The van der Waals surface area contributed by atoms with Crippen LogP contribution in [0.25, 0.3) is 0 Å². The average molecular weight is 273 g/mol. The normalized spacial score (nSPS) is 11.8. The first-order chi connectivity index (χ1) is 9.04. The third-order valence-corrected chi connectivity index (χ3v) is 3.07. The van der Waals surface area contributed by atoms with Crippen molar-refractivity contribution in [2.45, 2.75) is 51.7 Å². The highest BCUT2D eigenvalue weighted by Crippen LogP contribution is 2.28. The molecule has 1 nitrogen and oxygen atoms in total. The van der Waals surface area contributed by atoms with Crippen molar-refractivity contribution in [2.24, 2.45) is 0 Å². The first-order valence-electron chi connectivity index (χ1n) is 6.91. The van der Waals surface area contributed by atoms with Crippen molar-refractivity contribution < 1.29 is 13.2 Å². The summed E-state index contributed by atoms with van der Waals surface area (Å²) < 4.78 is 37.1. The Bertz CT molecular complexity index is 343. The van der Waals surface area contributed by atoms with E-state index >= 15 is 0 Å². The molecule has 1 N–H and O–H groups in total. The maximum Gasteiger partial charge on any atom is 0.416 e. The predicted octanol–water partition coefficient (Wildman–Crippen LogP) is 4.77. The molecule has 0 aliphatic rings. The molecule has 1 aromatic rings. The van der Waals surface area contributed by atoms with Crippen molar-refractivity contribution in [3.8, 4) is 0 Å². The Morgan fingerprint density at radius 3 is 2.16 bits per heavy atom. The number of rotatable bonds is 8. The lowest BCUT2D eigenvalue weighted by Crippen LogP contribution is -2.15. The largest absolute Gasteiger partial charge is 0.416 e. The fourth-order valence-electron chi connectivity index (χ4n) is 1.90. The van der Waals surface area contributed by atoms with E-state index < -0.39 is 11.7 Å². The average Bonchev–Trinajstić information content (AvgIpc) is 2.37. The number of alkyl halides is 3. The Morgan fingerprint density at radius 1 is 0.947 bits per heavy atom. The van der Waals surface area contributed by atoms with E-state index in [9.17, 15) is 13.2 Å². The smallest absolute Gasteiger partial charge is 0.313 e. The van der Waals surface area contributed by atoms with Gasteiger partial charge in [0.1, 0.15) is 0 Å². The number of nitrogens with one attached hydrogen (secondary N) is 1. The summed E-state index contributed by atoms with van der Waals surface area (Å²) in [6.45, 7) is 3.74. The highest BCUT2D eigenvalue weighted by atomic mass is 19.4. The van der Waals surface area contributed by atoms with E-state index in [2.05, 4.69) is 12.2 Å². The molecule has 0 amide bonds. The van der Waals surface area contributed by atoms with Crippen LogP contribution in [-0.2, 0) is 12.7 Å². The number of halogens is 3. The second kappa shape index (κ2) is 8.20. The van der Waals surface area contributed by atoms with Gasteiger partial charge in [-0.2, -0.15) is 13.2 Å². The molecule has 0 aliphatic heterocycles. The Balaban J connectivity index is 2.20. The molecular weight excluding hydrogens is 251 g/mol. The van der Waals surface area contributed by atoms with E-state index in [-0.39, 0.29) is 0 Å². The minimum atomic E-state index is -4.24. The van der Waals surface area contributed by atoms with Crippen LogP contribution in [0.15, 0.2) is 24.3 Å². The van der Waals surface area contributed by atoms with Crippen molar-refractivity contribution in [3.63, 3.8) is 0 Å². The molecule has 0 bridgehead atoms. The molecular formula is C15H22F3N. The summed E-state index contributed by atoms with van der Waals surface area (Å²) in [6.07, 6.45) is 1.87. The third-order valence-electron chi connectivity index (χ3n) is 3.07. The molecule has 0 fully saturated rings. The van der Waals surface area contributed by atoms with Gasteiger partial charge >= 0.3 is 6.18 Å². The second-order valence-corrected chi connectivity index (χ2v) is 4.79. The number of unbranched alkanes of at least 4 members (excludes halogenated alkanes) is 4. The minimum Gasteiger partial charge on any atom is -0.313 e. The molecule has 0 radical (unpaired) electrons. The Kier molecular flexibility index (Phi) is 6.92. The van der Waals surface area contributed by atoms with E-state index in [1.165, 1.54) is 37.8 Å². The molecule has 0 aromatic heterocycles. The Labute approximate surface area is 113 Å². The molecule has 1 aromatic carbocycles. The van der Waals surface area contributed by atoms with Crippen LogP contribution < -0.4 is 5.32 Å². The summed E-state index contributed by atoms with van der Waals surface area (Å²) in [4.78, 5) is 0. The van der Waals surface area contributed by atoms with Crippen molar-refractivity contribution >= 4 is 0 Å². The quantitative estimate of drug-likeness (QED) is 0.673. The van der Waals surface area contributed by atoms with Gasteiger partial charge in [-0.25, -0.2) is 0 Å². The van der Waals surface area contributed by atoms with Gasteiger partial charge in [0.05, 0.1) is 5.56 Å². The van der Waals surface area contributed by atoms with Crippen molar-refractivity contribution in [2.75, 3.05) is 6.54 Å². The summed E-state index contributed by atoms with van der Waals surface area (Å²) in [6, 6.07) is 5.34. The van der Waals surface area contributed by atoms with Gasteiger partial charge in [0, 0.05) is 6.54 Å².